The molecule has 118 valence electrons. The summed E-state index contributed by atoms with van der Waals surface area (Å²) in [5.74, 6) is 1.54. The quantitative estimate of drug-likeness (QED) is 0.867. The molecule has 3 aliphatic rings. The van der Waals surface area contributed by atoms with Crippen LogP contribution in [0, 0.1) is 37.0 Å². The SMILES string of the molecule is Cc1nn(CCNC(=O)[C@H]2C[C@H]3C=C[C@H]2C32CC2)c(C)c1Cl. The van der Waals surface area contributed by atoms with Gasteiger partial charge < -0.3 is 5.32 Å². The van der Waals surface area contributed by atoms with Crippen LogP contribution in [0.3, 0.4) is 0 Å². The summed E-state index contributed by atoms with van der Waals surface area (Å²) in [6, 6.07) is 0. The molecule has 5 heteroatoms. The number of carbonyl (C=O) groups is 1. The molecule has 0 saturated heterocycles. The number of aromatic nitrogens is 2. The molecule has 2 saturated carbocycles. The number of amides is 1. The number of hydrogen-bond donors (Lipinski definition) is 1. The van der Waals surface area contributed by atoms with Crippen LogP contribution in [-0.4, -0.2) is 22.2 Å². The van der Waals surface area contributed by atoms with Gasteiger partial charge in [0.2, 0.25) is 5.91 Å². The summed E-state index contributed by atoms with van der Waals surface area (Å²) < 4.78 is 1.88. The van der Waals surface area contributed by atoms with Crippen LogP contribution in [0.5, 0.6) is 0 Å². The number of carbonyl (C=O) groups excluding carboxylic acids is 1. The molecule has 1 aromatic rings. The van der Waals surface area contributed by atoms with Crippen LogP contribution in [0.4, 0.5) is 0 Å². The molecular formula is C17H22ClN3O. The zero-order valence-corrected chi connectivity index (χ0v) is 13.9. The van der Waals surface area contributed by atoms with E-state index in [9.17, 15) is 4.79 Å². The van der Waals surface area contributed by atoms with Gasteiger partial charge in [-0.25, -0.2) is 0 Å². The smallest absolute Gasteiger partial charge is 0.223 e. The predicted octanol–water partition coefficient (Wildman–Crippen LogP) is 2.87. The molecule has 3 atom stereocenters. The maximum absolute atomic E-state index is 12.5. The van der Waals surface area contributed by atoms with Crippen LogP contribution in [0.25, 0.3) is 0 Å². The van der Waals surface area contributed by atoms with Gasteiger partial charge in [-0.1, -0.05) is 23.8 Å². The summed E-state index contributed by atoms with van der Waals surface area (Å²) in [5.41, 5.74) is 2.29. The monoisotopic (exact) mass is 319 g/mol. The molecule has 2 fully saturated rings. The molecule has 2 bridgehead atoms. The van der Waals surface area contributed by atoms with Gasteiger partial charge in [-0.15, -0.1) is 0 Å². The van der Waals surface area contributed by atoms with Gasteiger partial charge in [-0.05, 0) is 50.4 Å². The Morgan fingerprint density at radius 1 is 1.45 bits per heavy atom. The Labute approximate surface area is 135 Å². The molecule has 0 radical (unpaired) electrons. The van der Waals surface area contributed by atoms with Crippen molar-refractivity contribution < 1.29 is 4.79 Å². The summed E-state index contributed by atoms with van der Waals surface area (Å²) in [5, 5.41) is 8.22. The van der Waals surface area contributed by atoms with Crippen molar-refractivity contribution in [1.29, 1.82) is 0 Å². The van der Waals surface area contributed by atoms with Gasteiger partial charge in [0.25, 0.3) is 0 Å². The molecule has 0 aliphatic heterocycles. The van der Waals surface area contributed by atoms with E-state index in [0.717, 1.165) is 22.8 Å². The van der Waals surface area contributed by atoms with Crippen LogP contribution in [0.2, 0.25) is 5.02 Å². The lowest BCUT2D eigenvalue weighted by molar-refractivity contribution is -0.125. The van der Waals surface area contributed by atoms with E-state index in [1.165, 1.54) is 12.8 Å². The Morgan fingerprint density at radius 3 is 2.82 bits per heavy atom. The minimum atomic E-state index is 0.182. The fourth-order valence-corrected chi connectivity index (χ4v) is 4.72. The Balaban J connectivity index is 1.34. The van der Waals surface area contributed by atoms with Crippen LogP contribution in [0.1, 0.15) is 30.7 Å². The Kier molecular flexibility index (Phi) is 3.16. The molecule has 4 rings (SSSR count). The van der Waals surface area contributed by atoms with Crippen molar-refractivity contribution in [2.75, 3.05) is 6.54 Å². The van der Waals surface area contributed by atoms with Crippen molar-refractivity contribution in [3.05, 3.63) is 28.6 Å². The maximum atomic E-state index is 12.5. The average molecular weight is 320 g/mol. The first-order valence-corrected chi connectivity index (χ1v) is 8.56. The predicted molar refractivity (Wildman–Crippen MR) is 85.6 cm³/mol. The molecule has 4 nitrogen and oxygen atoms in total. The molecule has 22 heavy (non-hydrogen) atoms. The van der Waals surface area contributed by atoms with E-state index < -0.39 is 0 Å². The molecule has 1 aromatic heterocycles. The highest BCUT2D eigenvalue weighted by atomic mass is 35.5. The third kappa shape index (κ3) is 1.96. The number of allylic oxidation sites excluding steroid dienone is 2. The number of rotatable bonds is 4. The van der Waals surface area contributed by atoms with E-state index in [1.807, 2.05) is 18.5 Å². The van der Waals surface area contributed by atoms with Crippen molar-refractivity contribution in [2.45, 2.75) is 39.7 Å². The number of halogens is 1. The third-order valence-corrected chi connectivity index (χ3v) is 6.52. The van der Waals surface area contributed by atoms with Crippen molar-refractivity contribution in [2.24, 2.45) is 23.2 Å². The largest absolute Gasteiger partial charge is 0.354 e. The van der Waals surface area contributed by atoms with Crippen molar-refractivity contribution >= 4 is 17.5 Å². The van der Waals surface area contributed by atoms with Gasteiger partial charge in [0.15, 0.2) is 0 Å². The van der Waals surface area contributed by atoms with Crippen LogP contribution < -0.4 is 5.32 Å². The normalized spacial score (nSPS) is 30.2. The zero-order valence-electron chi connectivity index (χ0n) is 13.1. The van der Waals surface area contributed by atoms with E-state index in [0.29, 0.717) is 30.3 Å². The topological polar surface area (TPSA) is 46.9 Å². The summed E-state index contributed by atoms with van der Waals surface area (Å²) in [6.07, 6.45) is 8.30. The molecule has 0 aromatic carbocycles. The molecular weight excluding hydrogens is 298 g/mol. The fraction of sp³-hybridized carbons (Fsp3) is 0.647. The molecule has 1 heterocycles. The van der Waals surface area contributed by atoms with Gasteiger partial charge in [-0.2, -0.15) is 5.10 Å². The third-order valence-electron chi connectivity index (χ3n) is 5.97. The standard InChI is InChI=1S/C17H22ClN3O/c1-10-15(18)11(2)21(20-10)8-7-19-16(22)13-9-12-3-4-14(13)17(12)5-6-17/h3-4,12-14H,5-9H2,1-2H3,(H,19,22)/t12-,13+,14-/m1/s1. The van der Waals surface area contributed by atoms with E-state index in [1.54, 1.807) is 0 Å². The minimum Gasteiger partial charge on any atom is -0.354 e. The highest BCUT2D eigenvalue weighted by molar-refractivity contribution is 6.31. The first-order valence-electron chi connectivity index (χ1n) is 8.18. The van der Waals surface area contributed by atoms with Gasteiger partial charge >= 0.3 is 0 Å². The second-order valence-corrected chi connectivity index (χ2v) is 7.47. The number of aryl methyl sites for hydroxylation is 1. The fourth-order valence-electron chi connectivity index (χ4n) is 4.58. The van der Waals surface area contributed by atoms with E-state index in [2.05, 4.69) is 22.6 Å². The molecule has 0 unspecified atom stereocenters. The van der Waals surface area contributed by atoms with Crippen LogP contribution >= 0.6 is 11.6 Å². The van der Waals surface area contributed by atoms with Crippen LogP contribution in [0.15, 0.2) is 12.2 Å². The second-order valence-electron chi connectivity index (χ2n) is 7.09. The lowest BCUT2D eigenvalue weighted by atomic mass is 9.88. The van der Waals surface area contributed by atoms with E-state index >= 15 is 0 Å². The Morgan fingerprint density at radius 2 is 2.23 bits per heavy atom. The lowest BCUT2D eigenvalue weighted by Gasteiger charge is -2.19. The second kappa shape index (κ2) is 4.85. The summed E-state index contributed by atoms with van der Waals surface area (Å²) in [4.78, 5) is 12.5. The Hall–Kier alpha value is -1.29. The average Bonchev–Trinajstić information content (AvgIpc) is 3.11. The highest BCUT2D eigenvalue weighted by Crippen LogP contribution is 2.70. The molecule has 1 N–H and O–H groups in total. The van der Waals surface area contributed by atoms with Crippen LogP contribution in [-0.2, 0) is 11.3 Å². The minimum absolute atomic E-state index is 0.182. The molecule has 1 amide bonds. The maximum Gasteiger partial charge on any atom is 0.223 e. The lowest BCUT2D eigenvalue weighted by Crippen LogP contribution is -2.35. The highest BCUT2D eigenvalue weighted by Gasteiger charge is 2.63. The zero-order chi connectivity index (χ0) is 15.5. The van der Waals surface area contributed by atoms with Gasteiger partial charge in [-0.3, -0.25) is 9.48 Å². The van der Waals surface area contributed by atoms with Crippen molar-refractivity contribution in [3.8, 4) is 0 Å². The van der Waals surface area contributed by atoms with Gasteiger partial charge in [0.05, 0.1) is 23.0 Å². The molecule has 1 spiro atoms. The van der Waals surface area contributed by atoms with E-state index in [-0.39, 0.29) is 11.8 Å². The van der Waals surface area contributed by atoms with E-state index in [4.69, 9.17) is 11.6 Å². The summed E-state index contributed by atoms with van der Waals surface area (Å²) in [7, 11) is 0. The van der Waals surface area contributed by atoms with Gasteiger partial charge in [0.1, 0.15) is 0 Å². The van der Waals surface area contributed by atoms with Crippen molar-refractivity contribution in [3.63, 3.8) is 0 Å². The van der Waals surface area contributed by atoms with Gasteiger partial charge in [0, 0.05) is 12.5 Å². The number of hydrogen-bond acceptors (Lipinski definition) is 2. The number of nitrogens with one attached hydrogen (secondary N) is 1. The number of nitrogens with zero attached hydrogens (tertiary/aromatic N) is 2. The van der Waals surface area contributed by atoms with Crippen molar-refractivity contribution in [1.82, 2.24) is 15.1 Å². The Bertz CT molecular complexity index is 659. The first kappa shape index (κ1) is 14.3. The summed E-state index contributed by atoms with van der Waals surface area (Å²) >= 11 is 6.15. The first-order chi connectivity index (χ1) is 10.5. The molecule has 3 aliphatic carbocycles. The summed E-state index contributed by atoms with van der Waals surface area (Å²) in [6.45, 7) is 5.15.